The van der Waals surface area contributed by atoms with Gasteiger partial charge in [0.25, 0.3) is 15.9 Å². The Morgan fingerprint density at radius 3 is 2.60 bits per heavy atom. The van der Waals surface area contributed by atoms with Crippen LogP contribution in [0.25, 0.3) is 0 Å². The molecule has 0 aliphatic carbocycles. The normalized spacial score (nSPS) is 16.5. The highest BCUT2D eigenvalue weighted by molar-refractivity contribution is 7.89. The van der Waals surface area contributed by atoms with Crippen LogP contribution in [0.1, 0.15) is 50.4 Å². The van der Waals surface area contributed by atoms with E-state index in [-0.39, 0.29) is 65.3 Å². The summed E-state index contributed by atoms with van der Waals surface area (Å²) in [5.74, 6) is -3.24. The highest BCUT2D eigenvalue weighted by Gasteiger charge is 2.33. The molecule has 2 aromatic heterocycles. The van der Waals surface area contributed by atoms with Crippen LogP contribution < -0.4 is 19.7 Å². The van der Waals surface area contributed by atoms with Gasteiger partial charge in [-0.1, -0.05) is 11.6 Å². The van der Waals surface area contributed by atoms with Crippen molar-refractivity contribution in [3.05, 3.63) is 35.0 Å². The van der Waals surface area contributed by atoms with Gasteiger partial charge in [0, 0.05) is 49.4 Å². The van der Waals surface area contributed by atoms with Gasteiger partial charge in [0.2, 0.25) is 11.8 Å². The molecule has 0 atom stereocenters. The number of aromatic nitrogens is 2. The summed E-state index contributed by atoms with van der Waals surface area (Å²) in [4.78, 5) is 23.0. The predicted octanol–water partition coefficient (Wildman–Crippen LogP) is 4.09. The van der Waals surface area contributed by atoms with Crippen LogP contribution in [0, 0.1) is 0 Å². The molecule has 0 radical (unpaired) electrons. The Balaban J connectivity index is 1.93. The minimum absolute atomic E-state index is 0.0127. The Labute approximate surface area is 208 Å². The average molecular weight is 532 g/mol. The fraction of sp³-hybridized carbons (Fsp3) is 0.500. The summed E-state index contributed by atoms with van der Waals surface area (Å²) >= 11 is 6.21. The van der Waals surface area contributed by atoms with Crippen molar-refractivity contribution in [2.75, 3.05) is 30.4 Å². The van der Waals surface area contributed by atoms with Gasteiger partial charge in [-0.25, -0.2) is 26.9 Å². The number of ether oxygens (including phenoxy) is 1. The third kappa shape index (κ3) is 6.98. The number of methoxy groups -OCH3 is 1. The molecule has 2 N–H and O–H groups in total. The quantitative estimate of drug-likeness (QED) is 0.577. The van der Waals surface area contributed by atoms with E-state index in [4.69, 9.17) is 16.3 Å². The highest BCUT2D eigenvalue weighted by atomic mass is 35.5. The van der Waals surface area contributed by atoms with Gasteiger partial charge in [0.05, 0.1) is 12.7 Å². The summed E-state index contributed by atoms with van der Waals surface area (Å²) in [6, 6.07) is 4.00. The average Bonchev–Trinajstić information content (AvgIpc) is 2.92. The number of rotatable bonds is 6. The third-order valence-electron chi connectivity index (χ3n) is 5.09. The summed E-state index contributed by atoms with van der Waals surface area (Å²) < 4.78 is 60.7. The molecule has 0 bridgehead atoms. The second-order valence-electron chi connectivity index (χ2n) is 9.24. The van der Waals surface area contributed by atoms with Crippen LogP contribution in [0.2, 0.25) is 5.02 Å². The number of carbonyl (C=O) groups is 1. The molecule has 13 heteroatoms. The zero-order chi connectivity index (χ0) is 26.0. The topological polar surface area (TPSA) is 114 Å². The van der Waals surface area contributed by atoms with Gasteiger partial charge in [-0.2, -0.15) is 4.98 Å². The largest absolute Gasteiger partial charge is 0.480 e. The zero-order valence-electron chi connectivity index (χ0n) is 19.9. The Morgan fingerprint density at radius 2 is 1.94 bits per heavy atom. The molecule has 0 unspecified atom stereocenters. The Bertz CT molecular complexity index is 1200. The minimum Gasteiger partial charge on any atom is -0.480 e. The lowest BCUT2D eigenvalue weighted by molar-refractivity contribution is -0.0102. The third-order valence-corrected chi connectivity index (χ3v) is 7.01. The van der Waals surface area contributed by atoms with Crippen LogP contribution in [0.5, 0.6) is 5.88 Å². The first-order chi connectivity index (χ1) is 16.2. The van der Waals surface area contributed by atoms with Crippen molar-refractivity contribution in [2.24, 2.45) is 0 Å². The van der Waals surface area contributed by atoms with Crippen molar-refractivity contribution in [1.82, 2.24) is 14.7 Å². The van der Waals surface area contributed by atoms with E-state index >= 15 is 0 Å². The summed E-state index contributed by atoms with van der Waals surface area (Å²) in [5.41, 5.74) is -0.529. The lowest BCUT2D eigenvalue weighted by Gasteiger charge is -2.25. The van der Waals surface area contributed by atoms with E-state index in [2.05, 4.69) is 20.0 Å². The van der Waals surface area contributed by atoms with Crippen LogP contribution in [0.4, 0.5) is 20.3 Å². The van der Waals surface area contributed by atoms with Crippen molar-refractivity contribution >= 4 is 39.0 Å². The molecule has 1 amide bonds. The summed E-state index contributed by atoms with van der Waals surface area (Å²) in [6.45, 7) is 5.33. The number of carbonyl (C=O) groups excluding carboxylic acids is 1. The number of nitrogens with zero attached hydrogens (tertiary/aromatic N) is 3. The lowest BCUT2D eigenvalue weighted by Crippen LogP contribution is -2.40. The van der Waals surface area contributed by atoms with E-state index in [0.29, 0.717) is 0 Å². The van der Waals surface area contributed by atoms with Gasteiger partial charge in [-0.05, 0) is 39.3 Å². The molecule has 1 saturated heterocycles. The van der Waals surface area contributed by atoms with Crippen molar-refractivity contribution in [3.63, 3.8) is 0 Å². The molecule has 35 heavy (non-hydrogen) atoms. The van der Waals surface area contributed by atoms with Gasteiger partial charge >= 0.3 is 0 Å². The number of halogens is 3. The number of hydrogen-bond acceptors (Lipinski definition) is 7. The van der Waals surface area contributed by atoms with Gasteiger partial charge in [-0.15, -0.1) is 0 Å². The predicted molar refractivity (Wildman–Crippen MR) is 129 cm³/mol. The summed E-state index contributed by atoms with van der Waals surface area (Å²) in [5, 5.41) is 2.42. The van der Waals surface area contributed by atoms with Crippen LogP contribution in [0.15, 0.2) is 29.4 Å². The molecule has 0 saturated carbocycles. The van der Waals surface area contributed by atoms with Crippen LogP contribution in [-0.2, 0) is 10.0 Å². The minimum atomic E-state index is -3.94. The Morgan fingerprint density at radius 1 is 1.23 bits per heavy atom. The van der Waals surface area contributed by atoms with E-state index in [0.717, 1.165) is 0 Å². The molecule has 192 valence electrons. The van der Waals surface area contributed by atoms with Crippen molar-refractivity contribution < 1.29 is 26.7 Å². The van der Waals surface area contributed by atoms with E-state index in [9.17, 15) is 22.0 Å². The molecule has 0 aromatic carbocycles. The highest BCUT2D eigenvalue weighted by Crippen LogP contribution is 2.34. The van der Waals surface area contributed by atoms with Crippen LogP contribution in [-0.4, -0.2) is 56.0 Å². The van der Waals surface area contributed by atoms with Gasteiger partial charge < -0.3 is 15.0 Å². The van der Waals surface area contributed by atoms with Crippen molar-refractivity contribution in [2.45, 2.75) is 56.5 Å². The van der Waals surface area contributed by atoms with Crippen LogP contribution >= 0.6 is 11.6 Å². The molecule has 1 aliphatic heterocycles. The molecule has 3 heterocycles. The standard InChI is InChI=1S/C22H28ClF2N5O4S/c1-21(2,3)29-35(32,33)17-12-14(6-9-26-17)27-19(31)15-13-16(23)20(34-4)28-18(15)30-10-5-7-22(24,25)8-11-30/h6,9,12-13,29H,5,7-8,10-11H2,1-4H3,(H,26,27,31). The zero-order valence-corrected chi connectivity index (χ0v) is 21.4. The number of hydrogen-bond donors (Lipinski definition) is 2. The van der Waals surface area contributed by atoms with E-state index in [1.807, 2.05) is 0 Å². The van der Waals surface area contributed by atoms with Crippen molar-refractivity contribution in [1.29, 1.82) is 0 Å². The Hall–Kier alpha value is -2.57. The number of alkyl halides is 2. The molecular weight excluding hydrogens is 504 g/mol. The van der Waals surface area contributed by atoms with E-state index < -0.39 is 27.4 Å². The number of nitrogens with one attached hydrogen (secondary N) is 2. The second kappa shape index (κ2) is 10.2. The van der Waals surface area contributed by atoms with Gasteiger partial charge in [0.15, 0.2) is 5.03 Å². The maximum atomic E-state index is 13.9. The fourth-order valence-electron chi connectivity index (χ4n) is 3.58. The maximum Gasteiger partial charge on any atom is 0.259 e. The first kappa shape index (κ1) is 27.0. The van der Waals surface area contributed by atoms with E-state index in [1.165, 1.54) is 31.5 Å². The molecule has 9 nitrogen and oxygen atoms in total. The van der Waals surface area contributed by atoms with E-state index in [1.54, 1.807) is 25.7 Å². The molecule has 0 spiro atoms. The molecular formula is C22H28ClF2N5O4S. The first-order valence-electron chi connectivity index (χ1n) is 10.9. The second-order valence-corrected chi connectivity index (χ2v) is 11.3. The number of amides is 1. The van der Waals surface area contributed by atoms with Gasteiger partial charge in [-0.3, -0.25) is 4.79 Å². The summed E-state index contributed by atoms with van der Waals surface area (Å²) in [7, 11) is -2.58. The fourth-order valence-corrected chi connectivity index (χ4v) is 5.20. The molecule has 3 rings (SSSR count). The first-order valence-corrected chi connectivity index (χ1v) is 12.8. The smallest absolute Gasteiger partial charge is 0.259 e. The SMILES string of the molecule is COc1nc(N2CCCC(F)(F)CC2)c(C(=O)Nc2ccnc(S(=O)(=O)NC(C)(C)C)c2)cc1Cl. The lowest BCUT2D eigenvalue weighted by atomic mass is 10.1. The Kier molecular flexibility index (Phi) is 7.87. The van der Waals surface area contributed by atoms with Gasteiger partial charge in [0.1, 0.15) is 10.8 Å². The van der Waals surface area contributed by atoms with Crippen molar-refractivity contribution in [3.8, 4) is 5.88 Å². The monoisotopic (exact) mass is 531 g/mol. The number of anilines is 2. The molecule has 1 aliphatic rings. The number of pyridine rings is 2. The number of sulfonamides is 1. The maximum absolute atomic E-state index is 13.9. The molecule has 2 aromatic rings. The van der Waals surface area contributed by atoms with Crippen LogP contribution in [0.3, 0.4) is 0 Å². The summed E-state index contributed by atoms with van der Waals surface area (Å²) in [6.07, 6.45) is 0.830. The molecule has 1 fully saturated rings.